The van der Waals surface area contributed by atoms with Crippen LogP contribution >= 0.6 is 11.6 Å². The first-order chi connectivity index (χ1) is 12.2. The number of hydrogen-bond donors (Lipinski definition) is 0. The summed E-state index contributed by atoms with van der Waals surface area (Å²) in [4.78, 5) is 4.18. The molecule has 1 heterocycles. The Morgan fingerprint density at radius 2 is 1.69 bits per heavy atom. The second-order valence-corrected chi connectivity index (χ2v) is 9.86. The number of benzene rings is 2. The fourth-order valence-corrected chi connectivity index (χ4v) is 4.72. The topological polar surface area (TPSA) is 86.1 Å². The first-order valence-electron chi connectivity index (χ1n) is 7.49. The molecule has 136 valence electrons. The monoisotopic (exact) mass is 410 g/mol. The number of sulfone groups is 1. The number of aromatic nitrogens is 2. The summed E-state index contributed by atoms with van der Waals surface area (Å²) in [6.45, 7) is 0. The van der Waals surface area contributed by atoms with E-state index in [9.17, 15) is 16.8 Å². The van der Waals surface area contributed by atoms with Gasteiger partial charge in [0.1, 0.15) is 11.6 Å². The Hall–Kier alpha value is -2.16. The van der Waals surface area contributed by atoms with Crippen LogP contribution < -0.4 is 0 Å². The summed E-state index contributed by atoms with van der Waals surface area (Å²) in [6, 6.07) is 13.3. The number of fused-ring (bicyclic) bond motifs is 1. The van der Waals surface area contributed by atoms with Crippen LogP contribution in [0.15, 0.2) is 53.9 Å². The third kappa shape index (κ3) is 4.14. The van der Waals surface area contributed by atoms with Gasteiger partial charge in [-0.2, -0.15) is 0 Å². The molecule has 0 N–H and O–H groups in total. The quantitative estimate of drug-likeness (QED) is 0.645. The number of hydrogen-bond acceptors (Lipinski definition) is 5. The Morgan fingerprint density at radius 1 is 1.04 bits per heavy atom. The zero-order chi connectivity index (χ0) is 18.9. The van der Waals surface area contributed by atoms with Gasteiger partial charge in [0.05, 0.1) is 17.3 Å². The van der Waals surface area contributed by atoms with Crippen LogP contribution in [0.4, 0.5) is 0 Å². The van der Waals surface area contributed by atoms with E-state index in [1.165, 1.54) is 6.08 Å². The first-order valence-corrected chi connectivity index (χ1v) is 11.4. The van der Waals surface area contributed by atoms with E-state index in [1.54, 1.807) is 48.5 Å². The summed E-state index contributed by atoms with van der Waals surface area (Å²) < 4.78 is 50.1. The van der Waals surface area contributed by atoms with Crippen molar-refractivity contribution in [3.8, 4) is 0 Å². The van der Waals surface area contributed by atoms with Gasteiger partial charge in [-0.25, -0.2) is 25.8 Å². The van der Waals surface area contributed by atoms with E-state index in [0.717, 1.165) is 15.6 Å². The Labute approximate surface area is 156 Å². The van der Waals surface area contributed by atoms with E-state index in [1.807, 2.05) is 0 Å². The van der Waals surface area contributed by atoms with Crippen molar-refractivity contribution in [2.75, 3.05) is 6.26 Å². The lowest BCUT2D eigenvalue weighted by molar-refractivity contribution is 0.592. The van der Waals surface area contributed by atoms with E-state index in [0.29, 0.717) is 21.6 Å². The minimum Gasteiger partial charge on any atom is -0.231 e. The largest absolute Gasteiger partial charge is 0.237 e. The fraction of sp³-hybridized carbons (Fsp3) is 0.118. The third-order valence-corrected chi connectivity index (χ3v) is 6.12. The van der Waals surface area contributed by atoms with E-state index >= 15 is 0 Å². The predicted octanol–water partition coefficient (Wildman–Crippen LogP) is 3.08. The lowest BCUT2D eigenvalue weighted by atomic mass is 10.2. The molecule has 0 saturated carbocycles. The minimum absolute atomic E-state index is 0.0468. The molecule has 0 amide bonds. The van der Waals surface area contributed by atoms with Crippen LogP contribution in [-0.4, -0.2) is 32.0 Å². The molecule has 26 heavy (non-hydrogen) atoms. The number of halogens is 1. The average molecular weight is 411 g/mol. The molecule has 0 fully saturated rings. The highest BCUT2D eigenvalue weighted by atomic mass is 35.5. The Balaban J connectivity index is 1.98. The van der Waals surface area contributed by atoms with Gasteiger partial charge >= 0.3 is 0 Å². The standard InChI is InChI=1S/C17H15ClN2O4S2/c1-25(21,22)20-16-5-3-2-4-15(16)19-17(20)12-26(23,24)11-10-13-6-8-14(18)9-7-13/h2-11H,12H2,1H3/b11-10+. The lowest BCUT2D eigenvalue weighted by Gasteiger charge is -2.05. The predicted molar refractivity (Wildman–Crippen MR) is 103 cm³/mol. The van der Waals surface area contributed by atoms with Gasteiger partial charge in [-0.15, -0.1) is 0 Å². The van der Waals surface area contributed by atoms with Crippen molar-refractivity contribution >= 4 is 48.6 Å². The van der Waals surface area contributed by atoms with Gasteiger partial charge in [0.25, 0.3) is 0 Å². The van der Waals surface area contributed by atoms with Crippen molar-refractivity contribution in [2.24, 2.45) is 0 Å². The van der Waals surface area contributed by atoms with Gasteiger partial charge in [0.15, 0.2) is 9.84 Å². The maximum atomic E-state index is 12.4. The lowest BCUT2D eigenvalue weighted by Crippen LogP contribution is -2.16. The minimum atomic E-state index is -3.73. The van der Waals surface area contributed by atoms with Crippen molar-refractivity contribution in [2.45, 2.75) is 5.75 Å². The van der Waals surface area contributed by atoms with Crippen LogP contribution in [0.3, 0.4) is 0 Å². The van der Waals surface area contributed by atoms with Crippen molar-refractivity contribution in [1.82, 2.24) is 8.96 Å². The van der Waals surface area contributed by atoms with Crippen molar-refractivity contribution < 1.29 is 16.8 Å². The van der Waals surface area contributed by atoms with Crippen LogP contribution in [0, 0.1) is 0 Å². The van der Waals surface area contributed by atoms with Gasteiger partial charge in [-0.05, 0) is 35.9 Å². The van der Waals surface area contributed by atoms with Crippen molar-refractivity contribution in [3.05, 3.63) is 70.3 Å². The van der Waals surface area contributed by atoms with Gasteiger partial charge in [0, 0.05) is 10.4 Å². The Bertz CT molecular complexity index is 1200. The molecule has 0 aliphatic carbocycles. The summed E-state index contributed by atoms with van der Waals surface area (Å²) in [5, 5.41) is 1.59. The number of para-hydroxylation sites is 2. The highest BCUT2D eigenvalue weighted by Gasteiger charge is 2.21. The van der Waals surface area contributed by atoms with Crippen LogP contribution in [0.2, 0.25) is 5.02 Å². The van der Waals surface area contributed by atoms with Gasteiger partial charge < -0.3 is 0 Å². The zero-order valence-corrected chi connectivity index (χ0v) is 16.1. The summed E-state index contributed by atoms with van der Waals surface area (Å²) in [6.07, 6.45) is 2.44. The van der Waals surface area contributed by atoms with Crippen molar-refractivity contribution in [3.63, 3.8) is 0 Å². The molecule has 0 atom stereocenters. The summed E-state index contributed by atoms with van der Waals surface area (Å²) >= 11 is 5.80. The van der Waals surface area contributed by atoms with Crippen LogP contribution in [-0.2, 0) is 25.6 Å². The van der Waals surface area contributed by atoms with E-state index in [4.69, 9.17) is 11.6 Å². The molecule has 6 nitrogen and oxygen atoms in total. The van der Waals surface area contributed by atoms with Gasteiger partial charge in [0.2, 0.25) is 10.0 Å². The molecule has 2 aromatic carbocycles. The number of nitrogens with zero attached hydrogens (tertiary/aromatic N) is 2. The van der Waals surface area contributed by atoms with Crippen molar-refractivity contribution in [1.29, 1.82) is 0 Å². The Kier molecular flexibility index (Phi) is 4.92. The molecule has 0 spiro atoms. The second-order valence-electron chi connectivity index (χ2n) is 5.71. The van der Waals surface area contributed by atoms with Crippen LogP contribution in [0.1, 0.15) is 11.4 Å². The van der Waals surface area contributed by atoms with E-state index in [-0.39, 0.29) is 5.82 Å². The normalized spacial score (nSPS) is 12.8. The summed E-state index contributed by atoms with van der Waals surface area (Å²) in [5.74, 6) is -0.576. The molecule has 0 aliphatic rings. The molecule has 9 heteroatoms. The zero-order valence-electron chi connectivity index (χ0n) is 13.7. The molecule has 0 bridgehead atoms. The molecule has 0 saturated heterocycles. The third-order valence-electron chi connectivity index (χ3n) is 3.58. The molecule has 0 aliphatic heterocycles. The number of imidazole rings is 1. The highest BCUT2D eigenvalue weighted by Crippen LogP contribution is 2.20. The summed E-state index contributed by atoms with van der Waals surface area (Å²) in [7, 11) is -7.44. The van der Waals surface area contributed by atoms with Crippen LogP contribution in [0.25, 0.3) is 17.1 Å². The SMILES string of the molecule is CS(=O)(=O)n1c(CS(=O)(=O)/C=C/c2ccc(Cl)cc2)nc2ccccc21. The van der Waals surface area contributed by atoms with Gasteiger partial charge in [-0.1, -0.05) is 35.9 Å². The maximum Gasteiger partial charge on any atom is 0.237 e. The smallest absolute Gasteiger partial charge is 0.231 e. The highest BCUT2D eigenvalue weighted by molar-refractivity contribution is 7.93. The Morgan fingerprint density at radius 3 is 2.35 bits per heavy atom. The summed E-state index contributed by atoms with van der Waals surface area (Å²) in [5.41, 5.74) is 1.43. The van der Waals surface area contributed by atoms with E-state index in [2.05, 4.69) is 4.98 Å². The number of rotatable bonds is 5. The fourth-order valence-electron chi connectivity index (χ4n) is 2.50. The first kappa shape index (κ1) is 18.6. The molecule has 0 radical (unpaired) electrons. The molecule has 3 rings (SSSR count). The second kappa shape index (κ2) is 6.86. The molecular weight excluding hydrogens is 396 g/mol. The molecule has 1 aromatic heterocycles. The average Bonchev–Trinajstić information content (AvgIpc) is 2.91. The molecular formula is C17H15ClN2O4S2. The maximum absolute atomic E-state index is 12.4. The molecule has 0 unspecified atom stereocenters. The van der Waals surface area contributed by atoms with Gasteiger partial charge in [-0.3, -0.25) is 0 Å². The van der Waals surface area contributed by atoms with Crippen LogP contribution in [0.5, 0.6) is 0 Å². The van der Waals surface area contributed by atoms with E-state index < -0.39 is 25.6 Å². The molecule has 3 aromatic rings.